The van der Waals surface area contributed by atoms with Gasteiger partial charge in [-0.1, -0.05) is 12.1 Å². The molecule has 0 amide bonds. The Morgan fingerprint density at radius 2 is 2.00 bits per heavy atom. The van der Waals surface area contributed by atoms with Gasteiger partial charge in [0.05, 0.1) is 24.2 Å². The van der Waals surface area contributed by atoms with E-state index in [0.29, 0.717) is 19.1 Å². The van der Waals surface area contributed by atoms with Crippen LogP contribution in [0.5, 0.6) is 0 Å². The molecule has 0 aliphatic heterocycles. The first-order chi connectivity index (χ1) is 10.4. The molecule has 2 rings (SSSR count). The highest BCUT2D eigenvalue weighted by atomic mass is 35.5. The number of unbranched alkanes of at least 4 members (excludes halogenated alkanes) is 1. The molecule has 1 aromatic carbocycles. The molecule has 0 aliphatic rings. The molecule has 0 bridgehead atoms. The molecular weight excluding hydrogens is 288 g/mol. The number of halogens is 1. The second-order valence-corrected chi connectivity index (χ2v) is 5.30. The third kappa shape index (κ3) is 4.70. The van der Waals surface area contributed by atoms with Gasteiger partial charge in [0.25, 0.3) is 0 Å². The van der Waals surface area contributed by atoms with Crippen LogP contribution in [-0.2, 0) is 22.4 Å². The second kappa shape index (κ2) is 9.03. The van der Waals surface area contributed by atoms with Crippen LogP contribution < -0.4 is 0 Å². The van der Waals surface area contributed by atoms with Crippen molar-refractivity contribution in [3.63, 3.8) is 0 Å². The Kier molecular flexibility index (Phi) is 7.00. The van der Waals surface area contributed by atoms with Gasteiger partial charge in [-0.25, -0.2) is 4.98 Å². The van der Waals surface area contributed by atoms with Crippen LogP contribution in [0.15, 0.2) is 24.3 Å². The molecule has 0 saturated heterocycles. The van der Waals surface area contributed by atoms with Gasteiger partial charge < -0.3 is 14.0 Å². The lowest BCUT2D eigenvalue weighted by atomic mass is 10.3. The summed E-state index contributed by atoms with van der Waals surface area (Å²) in [5.41, 5.74) is 2.24. The largest absolute Gasteiger partial charge is 0.382 e. The Morgan fingerprint density at radius 3 is 2.81 bits per heavy atom. The number of nitrogens with zero attached hydrogens (tertiary/aromatic N) is 2. The molecule has 0 radical (unpaired) electrons. The number of ether oxygens (including phenoxy) is 2. The number of aromatic nitrogens is 2. The van der Waals surface area contributed by atoms with Crippen molar-refractivity contribution in [1.82, 2.24) is 9.55 Å². The second-order valence-electron chi connectivity index (χ2n) is 4.92. The number of imidazole rings is 1. The zero-order valence-corrected chi connectivity index (χ0v) is 13.3. The van der Waals surface area contributed by atoms with Crippen LogP contribution in [-0.4, -0.2) is 42.4 Å². The average molecular weight is 311 g/mol. The van der Waals surface area contributed by atoms with Crippen molar-refractivity contribution in [1.29, 1.82) is 0 Å². The molecular formula is C16H23ClN2O2. The summed E-state index contributed by atoms with van der Waals surface area (Å²) in [4.78, 5) is 4.67. The molecule has 5 heteroatoms. The van der Waals surface area contributed by atoms with Gasteiger partial charge in [-0.05, 0) is 25.0 Å². The van der Waals surface area contributed by atoms with Crippen molar-refractivity contribution >= 4 is 22.6 Å². The smallest absolute Gasteiger partial charge is 0.111 e. The number of hydrogen-bond acceptors (Lipinski definition) is 3. The number of para-hydroxylation sites is 2. The van der Waals surface area contributed by atoms with Gasteiger partial charge in [-0.2, -0.15) is 0 Å². The molecule has 21 heavy (non-hydrogen) atoms. The minimum atomic E-state index is 0.601. The van der Waals surface area contributed by atoms with Gasteiger partial charge in [0, 0.05) is 32.6 Å². The fourth-order valence-corrected chi connectivity index (χ4v) is 2.54. The van der Waals surface area contributed by atoms with Crippen molar-refractivity contribution in [2.75, 3.05) is 32.8 Å². The van der Waals surface area contributed by atoms with E-state index in [2.05, 4.69) is 27.8 Å². The Balaban J connectivity index is 1.89. The van der Waals surface area contributed by atoms with E-state index in [1.165, 1.54) is 5.52 Å². The van der Waals surface area contributed by atoms with E-state index >= 15 is 0 Å². The number of methoxy groups -OCH3 is 1. The molecule has 0 fully saturated rings. The van der Waals surface area contributed by atoms with Crippen molar-refractivity contribution in [3.05, 3.63) is 30.1 Å². The lowest BCUT2D eigenvalue weighted by Crippen LogP contribution is -2.07. The summed E-state index contributed by atoms with van der Waals surface area (Å²) in [7, 11) is 1.69. The van der Waals surface area contributed by atoms with Gasteiger partial charge in [0.2, 0.25) is 0 Å². The van der Waals surface area contributed by atoms with Crippen molar-refractivity contribution in [3.8, 4) is 0 Å². The maximum atomic E-state index is 5.88. The predicted molar refractivity (Wildman–Crippen MR) is 86.1 cm³/mol. The van der Waals surface area contributed by atoms with Crippen molar-refractivity contribution < 1.29 is 9.47 Å². The summed E-state index contributed by atoms with van der Waals surface area (Å²) in [6.07, 6.45) is 2.92. The average Bonchev–Trinajstić information content (AvgIpc) is 2.84. The Morgan fingerprint density at radius 1 is 1.14 bits per heavy atom. The summed E-state index contributed by atoms with van der Waals surface area (Å²) in [6, 6.07) is 8.25. The minimum absolute atomic E-state index is 0.601. The van der Waals surface area contributed by atoms with Gasteiger partial charge in [-0.15, -0.1) is 11.6 Å². The predicted octanol–water partition coefficient (Wildman–Crippen LogP) is 3.26. The van der Waals surface area contributed by atoms with E-state index in [0.717, 1.165) is 43.8 Å². The molecule has 116 valence electrons. The van der Waals surface area contributed by atoms with Crippen LogP contribution >= 0.6 is 11.6 Å². The molecule has 0 N–H and O–H groups in total. The normalized spacial score (nSPS) is 11.3. The van der Waals surface area contributed by atoms with Crippen LogP contribution in [0.25, 0.3) is 11.0 Å². The standard InChI is InChI=1S/C16H23ClN2O2/c1-20-12-13-21-11-5-4-10-19-15-7-3-2-6-14(15)18-16(19)8-9-17/h2-3,6-7H,4-5,8-13H2,1H3. The first-order valence-corrected chi connectivity index (χ1v) is 7.97. The number of benzene rings is 1. The highest BCUT2D eigenvalue weighted by Gasteiger charge is 2.09. The van der Waals surface area contributed by atoms with Crippen LogP contribution in [0.3, 0.4) is 0 Å². The van der Waals surface area contributed by atoms with E-state index in [9.17, 15) is 0 Å². The molecule has 2 aromatic rings. The monoisotopic (exact) mass is 310 g/mol. The van der Waals surface area contributed by atoms with E-state index in [-0.39, 0.29) is 0 Å². The number of rotatable bonds is 10. The third-order valence-corrected chi connectivity index (χ3v) is 3.59. The van der Waals surface area contributed by atoms with E-state index < -0.39 is 0 Å². The SMILES string of the molecule is COCCOCCCCn1c(CCCl)nc2ccccc21. The van der Waals surface area contributed by atoms with Crippen molar-refractivity contribution in [2.24, 2.45) is 0 Å². The van der Waals surface area contributed by atoms with E-state index in [4.69, 9.17) is 21.1 Å². The summed E-state index contributed by atoms with van der Waals surface area (Å²) in [6.45, 7) is 3.06. The van der Waals surface area contributed by atoms with Gasteiger partial charge >= 0.3 is 0 Å². The molecule has 1 heterocycles. The first-order valence-electron chi connectivity index (χ1n) is 7.43. The lowest BCUT2D eigenvalue weighted by molar-refractivity contribution is 0.0684. The van der Waals surface area contributed by atoms with Crippen LogP contribution in [0, 0.1) is 0 Å². The van der Waals surface area contributed by atoms with Gasteiger partial charge in [0.1, 0.15) is 5.82 Å². The summed E-state index contributed by atoms with van der Waals surface area (Å²) < 4.78 is 12.7. The quantitative estimate of drug-likeness (QED) is 0.499. The number of fused-ring (bicyclic) bond motifs is 1. The highest BCUT2D eigenvalue weighted by molar-refractivity contribution is 6.17. The van der Waals surface area contributed by atoms with E-state index in [1.807, 2.05) is 6.07 Å². The minimum Gasteiger partial charge on any atom is -0.382 e. The third-order valence-electron chi connectivity index (χ3n) is 3.40. The number of hydrogen-bond donors (Lipinski definition) is 0. The molecule has 0 saturated carbocycles. The topological polar surface area (TPSA) is 36.3 Å². The van der Waals surface area contributed by atoms with Crippen LogP contribution in [0.4, 0.5) is 0 Å². The Bertz CT molecular complexity index is 542. The van der Waals surface area contributed by atoms with Crippen molar-refractivity contribution in [2.45, 2.75) is 25.8 Å². The Labute approximate surface area is 131 Å². The van der Waals surface area contributed by atoms with Crippen LogP contribution in [0.1, 0.15) is 18.7 Å². The fourth-order valence-electron chi connectivity index (χ4n) is 2.37. The zero-order valence-electron chi connectivity index (χ0n) is 12.6. The fraction of sp³-hybridized carbons (Fsp3) is 0.562. The molecule has 0 spiro atoms. The lowest BCUT2D eigenvalue weighted by Gasteiger charge is -2.09. The Hall–Kier alpha value is -1.10. The summed E-state index contributed by atoms with van der Waals surface area (Å²) >= 11 is 5.88. The summed E-state index contributed by atoms with van der Waals surface area (Å²) in [5.74, 6) is 1.68. The maximum Gasteiger partial charge on any atom is 0.111 e. The maximum absolute atomic E-state index is 5.88. The van der Waals surface area contributed by atoms with Gasteiger partial charge in [-0.3, -0.25) is 0 Å². The number of alkyl halides is 1. The molecule has 0 atom stereocenters. The van der Waals surface area contributed by atoms with Gasteiger partial charge in [0.15, 0.2) is 0 Å². The molecule has 0 unspecified atom stereocenters. The van der Waals surface area contributed by atoms with Crippen LogP contribution in [0.2, 0.25) is 0 Å². The molecule has 4 nitrogen and oxygen atoms in total. The number of aryl methyl sites for hydroxylation is 2. The zero-order chi connectivity index (χ0) is 14.9. The first kappa shape index (κ1) is 16.3. The molecule has 0 aliphatic carbocycles. The summed E-state index contributed by atoms with van der Waals surface area (Å²) in [5, 5.41) is 0. The highest BCUT2D eigenvalue weighted by Crippen LogP contribution is 2.17. The molecule has 1 aromatic heterocycles. The van der Waals surface area contributed by atoms with E-state index in [1.54, 1.807) is 7.11 Å².